The number of aromatic hydroxyl groups is 1. The van der Waals surface area contributed by atoms with Crippen LogP contribution < -0.4 is 14.9 Å². The maximum absolute atomic E-state index is 11.9. The highest BCUT2D eigenvalue weighted by molar-refractivity contribution is 5.95. The predicted octanol–water partition coefficient (Wildman–Crippen LogP) is 2.95. The van der Waals surface area contributed by atoms with E-state index in [0.29, 0.717) is 30.3 Å². The van der Waals surface area contributed by atoms with E-state index in [1.807, 2.05) is 19.9 Å². The highest BCUT2D eigenvalue weighted by Crippen LogP contribution is 2.27. The monoisotopic (exact) mass is 328 g/mol. The number of phenolic OH excluding ortho intramolecular Hbond substituents is 1. The molecule has 0 fully saturated rings. The number of hydrogen-bond acceptors (Lipinski definition) is 5. The molecule has 6 nitrogen and oxygen atoms in total. The van der Waals surface area contributed by atoms with Gasteiger partial charge in [-0.25, -0.2) is 5.43 Å². The first-order valence-corrected chi connectivity index (χ1v) is 7.66. The highest BCUT2D eigenvalue weighted by atomic mass is 16.5. The molecule has 0 spiro atoms. The third kappa shape index (κ3) is 4.74. The Morgan fingerprint density at radius 3 is 2.42 bits per heavy atom. The Hall–Kier alpha value is -3.02. The van der Waals surface area contributed by atoms with E-state index in [1.54, 1.807) is 12.1 Å². The van der Waals surface area contributed by atoms with Crippen molar-refractivity contribution in [3.8, 4) is 17.2 Å². The zero-order valence-corrected chi connectivity index (χ0v) is 13.7. The summed E-state index contributed by atoms with van der Waals surface area (Å²) in [6.07, 6.45) is 1.52. The summed E-state index contributed by atoms with van der Waals surface area (Å²) in [5, 5.41) is 13.1. The van der Waals surface area contributed by atoms with Crippen LogP contribution in [0.4, 0.5) is 0 Å². The molecule has 0 aliphatic heterocycles. The number of nitrogens with zero attached hydrogens (tertiary/aromatic N) is 1. The summed E-state index contributed by atoms with van der Waals surface area (Å²) in [7, 11) is 0. The fraction of sp³-hybridized carbons (Fsp3) is 0.222. The van der Waals surface area contributed by atoms with E-state index in [-0.39, 0.29) is 11.7 Å². The molecule has 126 valence electrons. The Labute approximate surface area is 140 Å². The Kier molecular flexibility index (Phi) is 6.19. The number of hydrazone groups is 1. The van der Waals surface area contributed by atoms with Gasteiger partial charge in [-0.15, -0.1) is 0 Å². The number of nitrogens with one attached hydrogen (secondary N) is 1. The van der Waals surface area contributed by atoms with Crippen molar-refractivity contribution >= 4 is 12.1 Å². The Balaban J connectivity index is 2.04. The number of amides is 1. The van der Waals surface area contributed by atoms with Crippen molar-refractivity contribution in [2.75, 3.05) is 13.2 Å². The van der Waals surface area contributed by atoms with E-state index >= 15 is 0 Å². The highest BCUT2D eigenvalue weighted by Gasteiger charge is 2.06. The molecule has 0 radical (unpaired) electrons. The molecule has 0 bridgehead atoms. The molecule has 2 aromatic carbocycles. The third-order valence-electron chi connectivity index (χ3n) is 3.08. The van der Waals surface area contributed by atoms with Crippen LogP contribution in [0.2, 0.25) is 0 Å². The normalized spacial score (nSPS) is 10.6. The molecular formula is C18H20N2O4. The van der Waals surface area contributed by atoms with Crippen molar-refractivity contribution < 1.29 is 19.4 Å². The second kappa shape index (κ2) is 8.57. The van der Waals surface area contributed by atoms with Crippen molar-refractivity contribution in [2.24, 2.45) is 5.10 Å². The van der Waals surface area contributed by atoms with E-state index < -0.39 is 0 Å². The number of carbonyl (C=O) groups is 1. The van der Waals surface area contributed by atoms with Crippen LogP contribution >= 0.6 is 0 Å². The van der Waals surface area contributed by atoms with Gasteiger partial charge in [0, 0.05) is 5.56 Å². The zero-order valence-electron chi connectivity index (χ0n) is 13.7. The van der Waals surface area contributed by atoms with Gasteiger partial charge >= 0.3 is 0 Å². The van der Waals surface area contributed by atoms with Crippen molar-refractivity contribution in [1.82, 2.24) is 5.43 Å². The Morgan fingerprint density at radius 1 is 1.08 bits per heavy atom. The van der Waals surface area contributed by atoms with Gasteiger partial charge in [0.15, 0.2) is 11.5 Å². The smallest absolute Gasteiger partial charge is 0.271 e. The second-order valence-electron chi connectivity index (χ2n) is 4.82. The Bertz CT molecular complexity index is 711. The standard InChI is InChI=1S/C18H20N2O4/c1-3-23-16-10-5-13(11-17(16)24-4-2)12-19-20-18(22)14-6-8-15(21)9-7-14/h5-12,21H,3-4H2,1-2H3,(H,20,22)/b19-12-. The summed E-state index contributed by atoms with van der Waals surface area (Å²) >= 11 is 0. The first kappa shape index (κ1) is 17.3. The first-order chi connectivity index (χ1) is 11.6. The van der Waals surface area contributed by atoms with Gasteiger partial charge in [0.1, 0.15) is 5.75 Å². The molecule has 0 atom stereocenters. The summed E-state index contributed by atoms with van der Waals surface area (Å²) in [5.41, 5.74) is 3.62. The van der Waals surface area contributed by atoms with Crippen LogP contribution in [0.15, 0.2) is 47.6 Å². The SMILES string of the molecule is CCOc1ccc(/C=N\NC(=O)c2ccc(O)cc2)cc1OCC. The first-order valence-electron chi connectivity index (χ1n) is 7.66. The van der Waals surface area contributed by atoms with Crippen molar-refractivity contribution in [1.29, 1.82) is 0 Å². The fourth-order valence-corrected chi connectivity index (χ4v) is 1.99. The van der Waals surface area contributed by atoms with Crippen LogP contribution in [0.3, 0.4) is 0 Å². The second-order valence-corrected chi connectivity index (χ2v) is 4.82. The van der Waals surface area contributed by atoms with E-state index in [2.05, 4.69) is 10.5 Å². The third-order valence-corrected chi connectivity index (χ3v) is 3.08. The topological polar surface area (TPSA) is 80.2 Å². The minimum Gasteiger partial charge on any atom is -0.508 e. The molecule has 2 rings (SSSR count). The van der Waals surface area contributed by atoms with Crippen LogP contribution in [0.1, 0.15) is 29.8 Å². The van der Waals surface area contributed by atoms with Gasteiger partial charge in [-0.2, -0.15) is 5.10 Å². The summed E-state index contributed by atoms with van der Waals surface area (Å²) in [6, 6.07) is 11.3. The molecule has 0 aliphatic carbocycles. The molecule has 0 saturated carbocycles. The number of phenols is 1. The predicted molar refractivity (Wildman–Crippen MR) is 91.9 cm³/mol. The van der Waals surface area contributed by atoms with Crippen LogP contribution in [0, 0.1) is 0 Å². The minimum absolute atomic E-state index is 0.105. The average molecular weight is 328 g/mol. The number of hydrogen-bond donors (Lipinski definition) is 2. The van der Waals surface area contributed by atoms with Gasteiger partial charge < -0.3 is 14.6 Å². The molecule has 0 aliphatic rings. The van der Waals surface area contributed by atoms with Crippen LogP contribution in [-0.4, -0.2) is 30.4 Å². The van der Waals surface area contributed by atoms with Gasteiger partial charge in [-0.05, 0) is 61.9 Å². The van der Waals surface area contributed by atoms with Gasteiger partial charge in [0.2, 0.25) is 0 Å². The lowest BCUT2D eigenvalue weighted by molar-refractivity contribution is 0.0955. The summed E-state index contributed by atoms with van der Waals surface area (Å²) in [4.78, 5) is 11.9. The van der Waals surface area contributed by atoms with Gasteiger partial charge in [-0.3, -0.25) is 4.79 Å². The number of carbonyl (C=O) groups excluding carboxylic acids is 1. The number of benzene rings is 2. The minimum atomic E-state index is -0.359. The zero-order chi connectivity index (χ0) is 17.4. The van der Waals surface area contributed by atoms with Crippen molar-refractivity contribution in [3.05, 3.63) is 53.6 Å². The van der Waals surface area contributed by atoms with Crippen LogP contribution in [0.5, 0.6) is 17.2 Å². The van der Waals surface area contributed by atoms with E-state index in [1.165, 1.54) is 30.5 Å². The van der Waals surface area contributed by atoms with Gasteiger partial charge in [0.25, 0.3) is 5.91 Å². The van der Waals surface area contributed by atoms with Crippen molar-refractivity contribution in [2.45, 2.75) is 13.8 Å². The molecule has 0 unspecified atom stereocenters. The number of rotatable bonds is 7. The maximum atomic E-state index is 11.9. The molecule has 0 aromatic heterocycles. The van der Waals surface area contributed by atoms with E-state index in [0.717, 1.165) is 5.56 Å². The van der Waals surface area contributed by atoms with E-state index in [9.17, 15) is 9.90 Å². The molecule has 2 N–H and O–H groups in total. The molecular weight excluding hydrogens is 308 g/mol. The lowest BCUT2D eigenvalue weighted by Gasteiger charge is -2.11. The van der Waals surface area contributed by atoms with Gasteiger partial charge in [0.05, 0.1) is 19.4 Å². The largest absolute Gasteiger partial charge is 0.508 e. The number of ether oxygens (including phenoxy) is 2. The maximum Gasteiger partial charge on any atom is 0.271 e. The van der Waals surface area contributed by atoms with Crippen molar-refractivity contribution in [3.63, 3.8) is 0 Å². The molecule has 0 heterocycles. The lowest BCUT2D eigenvalue weighted by Crippen LogP contribution is -2.17. The van der Waals surface area contributed by atoms with E-state index in [4.69, 9.17) is 9.47 Å². The Morgan fingerprint density at radius 2 is 1.75 bits per heavy atom. The lowest BCUT2D eigenvalue weighted by atomic mass is 10.2. The summed E-state index contributed by atoms with van der Waals surface area (Å²) < 4.78 is 11.0. The molecule has 2 aromatic rings. The quantitative estimate of drug-likeness (QED) is 0.605. The summed E-state index contributed by atoms with van der Waals surface area (Å²) in [5.74, 6) is 1.05. The molecule has 24 heavy (non-hydrogen) atoms. The molecule has 6 heteroatoms. The summed E-state index contributed by atoms with van der Waals surface area (Å²) in [6.45, 7) is 4.88. The van der Waals surface area contributed by atoms with Crippen LogP contribution in [0.25, 0.3) is 0 Å². The molecule has 0 saturated heterocycles. The average Bonchev–Trinajstić information content (AvgIpc) is 2.58. The van der Waals surface area contributed by atoms with Crippen LogP contribution in [-0.2, 0) is 0 Å². The fourth-order valence-electron chi connectivity index (χ4n) is 1.99. The van der Waals surface area contributed by atoms with Gasteiger partial charge in [-0.1, -0.05) is 0 Å². The molecule has 1 amide bonds.